The summed E-state index contributed by atoms with van der Waals surface area (Å²) in [6.45, 7) is 5.43. The van der Waals surface area contributed by atoms with Crippen molar-refractivity contribution in [2.75, 3.05) is 26.7 Å². The van der Waals surface area contributed by atoms with E-state index < -0.39 is 0 Å². The normalized spacial score (nSPS) is 25.2. The molecular formula is C20H23N3O2S. The van der Waals surface area contributed by atoms with Crippen LogP contribution in [-0.4, -0.2) is 46.5 Å². The van der Waals surface area contributed by atoms with Gasteiger partial charge in [0.15, 0.2) is 6.10 Å². The molecule has 0 saturated carbocycles. The number of piperidine rings is 1. The molecule has 3 heterocycles. The van der Waals surface area contributed by atoms with Crippen molar-refractivity contribution in [1.29, 1.82) is 0 Å². The Hall–Kier alpha value is -2.10. The van der Waals surface area contributed by atoms with Gasteiger partial charge in [0.1, 0.15) is 11.4 Å². The predicted octanol–water partition coefficient (Wildman–Crippen LogP) is 3.17. The van der Waals surface area contributed by atoms with Crippen molar-refractivity contribution in [3.63, 3.8) is 0 Å². The molecule has 0 aliphatic carbocycles. The number of benzene rings is 1. The van der Waals surface area contributed by atoms with Crippen LogP contribution in [0.1, 0.15) is 36.9 Å². The Morgan fingerprint density at radius 3 is 3.08 bits per heavy atom. The third kappa shape index (κ3) is 3.69. The minimum absolute atomic E-state index is 0.245. The maximum absolute atomic E-state index is 6.04. The summed E-state index contributed by atoms with van der Waals surface area (Å²) in [5.41, 5.74) is 1.94. The van der Waals surface area contributed by atoms with Crippen LogP contribution in [0.5, 0.6) is 11.6 Å². The summed E-state index contributed by atoms with van der Waals surface area (Å²) in [5, 5.41) is 0. The van der Waals surface area contributed by atoms with E-state index in [0.717, 1.165) is 23.6 Å². The molecule has 2 aliphatic rings. The van der Waals surface area contributed by atoms with Crippen LogP contribution in [0.4, 0.5) is 0 Å². The summed E-state index contributed by atoms with van der Waals surface area (Å²) in [6.07, 6.45) is 2.32. The molecule has 2 aromatic rings. The Labute approximate surface area is 158 Å². The Balaban J connectivity index is 1.45. The van der Waals surface area contributed by atoms with E-state index in [-0.39, 0.29) is 6.10 Å². The first-order valence-electron chi connectivity index (χ1n) is 9.10. The Morgan fingerprint density at radius 2 is 2.23 bits per heavy atom. The number of ether oxygens (including phenoxy) is 2. The lowest BCUT2D eigenvalue weighted by Gasteiger charge is -2.21. The monoisotopic (exact) mass is 369 g/mol. The van der Waals surface area contributed by atoms with Crippen LogP contribution in [0.15, 0.2) is 24.3 Å². The fraction of sp³-hybridized carbons (Fsp3) is 0.500. The summed E-state index contributed by atoms with van der Waals surface area (Å²) in [6, 6.07) is 7.73. The summed E-state index contributed by atoms with van der Waals surface area (Å²) in [7, 11) is 1.66. The first-order chi connectivity index (χ1) is 12.7. The Kier molecular flexibility index (Phi) is 5.09. The molecule has 2 saturated heterocycles. The molecule has 5 nitrogen and oxygen atoms in total. The molecule has 0 radical (unpaired) electrons. The van der Waals surface area contributed by atoms with Gasteiger partial charge >= 0.3 is 0 Å². The van der Waals surface area contributed by atoms with Crippen LogP contribution in [0.25, 0.3) is 0 Å². The molecular weight excluding hydrogens is 346 g/mol. The highest BCUT2D eigenvalue weighted by Crippen LogP contribution is 2.41. The summed E-state index contributed by atoms with van der Waals surface area (Å²) in [4.78, 5) is 2.54. The second-order valence-corrected chi connectivity index (χ2v) is 7.51. The van der Waals surface area contributed by atoms with E-state index in [1.807, 2.05) is 31.2 Å². The standard InChI is InChI=1S/C20H23N3O2S/c1-14(8-9-15-5-3-7-17(11-15)24-2)25-20-19(21-26-22-20)18-13-23-10-4-6-16(18)12-23/h3,5,7,11,14,16,18H,4,6,10,12-13H2,1-2H3/t14-,16+,18+/m1/s1. The molecule has 1 aromatic heterocycles. The number of aromatic nitrogens is 2. The highest BCUT2D eigenvalue weighted by molar-refractivity contribution is 6.99. The van der Waals surface area contributed by atoms with Gasteiger partial charge in [-0.3, -0.25) is 0 Å². The van der Waals surface area contributed by atoms with E-state index in [0.29, 0.717) is 17.7 Å². The largest absolute Gasteiger partial charge is 0.497 e. The summed E-state index contributed by atoms with van der Waals surface area (Å²) in [5.74, 6) is 8.91. The van der Waals surface area contributed by atoms with Gasteiger partial charge in [-0.1, -0.05) is 17.9 Å². The zero-order valence-electron chi connectivity index (χ0n) is 15.1. The molecule has 0 spiro atoms. The second-order valence-electron chi connectivity index (χ2n) is 6.98. The number of nitrogens with zero attached hydrogens (tertiary/aromatic N) is 3. The van der Waals surface area contributed by atoms with E-state index in [2.05, 4.69) is 25.5 Å². The van der Waals surface area contributed by atoms with Gasteiger partial charge in [0.25, 0.3) is 5.88 Å². The van der Waals surface area contributed by atoms with Crippen molar-refractivity contribution < 1.29 is 9.47 Å². The minimum atomic E-state index is -0.245. The molecule has 4 rings (SSSR count). The van der Waals surface area contributed by atoms with Crippen molar-refractivity contribution in [3.8, 4) is 23.5 Å². The molecule has 136 valence electrons. The fourth-order valence-corrected chi connectivity index (χ4v) is 4.45. The minimum Gasteiger partial charge on any atom is -0.497 e. The van der Waals surface area contributed by atoms with Crippen molar-refractivity contribution >= 4 is 11.7 Å². The van der Waals surface area contributed by atoms with Crippen LogP contribution in [-0.2, 0) is 0 Å². The topological polar surface area (TPSA) is 47.5 Å². The van der Waals surface area contributed by atoms with E-state index in [4.69, 9.17) is 9.47 Å². The number of fused-ring (bicyclic) bond motifs is 2. The van der Waals surface area contributed by atoms with E-state index in [1.54, 1.807) is 7.11 Å². The number of hydrogen-bond acceptors (Lipinski definition) is 6. The second kappa shape index (κ2) is 7.65. The summed E-state index contributed by atoms with van der Waals surface area (Å²) < 4.78 is 20.2. The van der Waals surface area contributed by atoms with E-state index >= 15 is 0 Å². The van der Waals surface area contributed by atoms with Gasteiger partial charge in [0.05, 0.1) is 18.8 Å². The van der Waals surface area contributed by atoms with Gasteiger partial charge in [-0.2, -0.15) is 4.37 Å². The van der Waals surface area contributed by atoms with E-state index in [9.17, 15) is 0 Å². The lowest BCUT2D eigenvalue weighted by Crippen LogP contribution is -2.25. The van der Waals surface area contributed by atoms with Crippen LogP contribution in [0.2, 0.25) is 0 Å². The molecule has 1 aromatic carbocycles. The van der Waals surface area contributed by atoms with Crippen molar-refractivity contribution in [3.05, 3.63) is 35.5 Å². The molecule has 2 fully saturated rings. The molecule has 2 bridgehead atoms. The van der Waals surface area contributed by atoms with E-state index in [1.165, 1.54) is 37.7 Å². The zero-order valence-corrected chi connectivity index (χ0v) is 16.0. The average Bonchev–Trinajstić information content (AvgIpc) is 3.23. The summed E-state index contributed by atoms with van der Waals surface area (Å²) >= 11 is 1.24. The first kappa shape index (κ1) is 17.3. The van der Waals surface area contributed by atoms with Gasteiger partial charge in [-0.25, -0.2) is 0 Å². The van der Waals surface area contributed by atoms with Crippen LogP contribution in [0, 0.1) is 17.8 Å². The lowest BCUT2D eigenvalue weighted by molar-refractivity contribution is 0.262. The number of hydrogen-bond donors (Lipinski definition) is 0. The highest BCUT2D eigenvalue weighted by Gasteiger charge is 2.39. The van der Waals surface area contributed by atoms with Crippen LogP contribution in [0.3, 0.4) is 0 Å². The molecule has 26 heavy (non-hydrogen) atoms. The Bertz CT molecular complexity index is 826. The number of methoxy groups -OCH3 is 1. The maximum atomic E-state index is 6.04. The van der Waals surface area contributed by atoms with Gasteiger partial charge in [0, 0.05) is 24.6 Å². The number of rotatable bonds is 4. The fourth-order valence-electron chi connectivity index (χ4n) is 3.90. The predicted molar refractivity (Wildman–Crippen MR) is 102 cm³/mol. The molecule has 2 aliphatic heterocycles. The SMILES string of the molecule is COc1cccc(C#C[C@@H](C)Oc2nsnc2[C@H]2CN3CCC[C@H]2C3)c1. The van der Waals surface area contributed by atoms with Crippen LogP contribution < -0.4 is 9.47 Å². The van der Waals surface area contributed by atoms with Gasteiger partial charge in [0.2, 0.25) is 0 Å². The smallest absolute Gasteiger partial charge is 0.250 e. The molecule has 0 N–H and O–H groups in total. The van der Waals surface area contributed by atoms with Crippen molar-refractivity contribution in [2.45, 2.75) is 31.8 Å². The lowest BCUT2D eigenvalue weighted by atomic mass is 9.89. The zero-order chi connectivity index (χ0) is 17.9. The molecule has 4 atom stereocenters. The highest BCUT2D eigenvalue weighted by atomic mass is 32.1. The van der Waals surface area contributed by atoms with Gasteiger partial charge in [-0.15, -0.1) is 4.37 Å². The molecule has 1 unspecified atom stereocenters. The molecule has 0 amide bonds. The Morgan fingerprint density at radius 1 is 1.31 bits per heavy atom. The quantitative estimate of drug-likeness (QED) is 0.775. The maximum Gasteiger partial charge on any atom is 0.250 e. The van der Waals surface area contributed by atoms with Crippen molar-refractivity contribution in [1.82, 2.24) is 13.6 Å². The molecule has 6 heteroatoms. The first-order valence-corrected chi connectivity index (χ1v) is 9.83. The van der Waals surface area contributed by atoms with Gasteiger partial charge < -0.3 is 14.4 Å². The van der Waals surface area contributed by atoms with Crippen LogP contribution >= 0.6 is 11.7 Å². The third-order valence-electron chi connectivity index (χ3n) is 5.18. The van der Waals surface area contributed by atoms with Gasteiger partial charge in [-0.05, 0) is 50.4 Å². The average molecular weight is 369 g/mol. The van der Waals surface area contributed by atoms with Crippen molar-refractivity contribution in [2.24, 2.45) is 5.92 Å². The third-order valence-corrected chi connectivity index (χ3v) is 5.70.